The lowest BCUT2D eigenvalue weighted by Gasteiger charge is -2.15. The maximum absolute atomic E-state index is 12.3. The molecular formula is C16H28O2. The molecule has 1 spiro atoms. The van der Waals surface area contributed by atoms with Crippen LogP contribution in [0.3, 0.4) is 0 Å². The molecule has 0 aromatic heterocycles. The van der Waals surface area contributed by atoms with E-state index < -0.39 is 0 Å². The van der Waals surface area contributed by atoms with Crippen molar-refractivity contribution < 1.29 is 9.53 Å². The summed E-state index contributed by atoms with van der Waals surface area (Å²) < 4.78 is 5.34. The van der Waals surface area contributed by atoms with Crippen LogP contribution in [-0.2, 0) is 9.53 Å². The molecule has 2 saturated carbocycles. The van der Waals surface area contributed by atoms with Gasteiger partial charge in [0.2, 0.25) is 0 Å². The first-order valence-electron chi connectivity index (χ1n) is 7.71. The number of esters is 1. The second kappa shape index (κ2) is 4.54. The van der Waals surface area contributed by atoms with Gasteiger partial charge in [-0.15, -0.1) is 0 Å². The average Bonchev–Trinajstić information content (AvgIpc) is 3.15. The van der Waals surface area contributed by atoms with Gasteiger partial charge >= 0.3 is 5.97 Å². The van der Waals surface area contributed by atoms with Crippen LogP contribution in [-0.4, -0.2) is 12.6 Å². The monoisotopic (exact) mass is 252 g/mol. The summed E-state index contributed by atoms with van der Waals surface area (Å²) in [6.45, 7) is 11.6. The highest BCUT2D eigenvalue weighted by atomic mass is 16.5. The van der Waals surface area contributed by atoms with Gasteiger partial charge in [-0.25, -0.2) is 0 Å². The van der Waals surface area contributed by atoms with Gasteiger partial charge in [-0.05, 0) is 42.4 Å². The molecule has 2 fully saturated rings. The Balaban J connectivity index is 2.20. The van der Waals surface area contributed by atoms with Gasteiger partial charge in [0.1, 0.15) is 0 Å². The first kappa shape index (κ1) is 13.9. The Morgan fingerprint density at radius 2 is 1.78 bits per heavy atom. The molecule has 104 valence electrons. The lowest BCUT2D eigenvalue weighted by molar-refractivity contribution is -0.146. The number of carbonyl (C=O) groups excluding carboxylic acids is 1. The third-order valence-electron chi connectivity index (χ3n) is 6.09. The maximum atomic E-state index is 12.3. The normalized spacial score (nSPS) is 45.1. The van der Waals surface area contributed by atoms with Crippen LogP contribution in [0.15, 0.2) is 0 Å². The number of hydrogen-bond acceptors (Lipinski definition) is 2. The molecule has 2 aliphatic carbocycles. The minimum atomic E-state index is 0.0756. The third kappa shape index (κ3) is 1.44. The summed E-state index contributed by atoms with van der Waals surface area (Å²) in [6, 6.07) is 0. The summed E-state index contributed by atoms with van der Waals surface area (Å²) >= 11 is 0. The maximum Gasteiger partial charge on any atom is 0.310 e. The van der Waals surface area contributed by atoms with Crippen LogP contribution in [0.1, 0.15) is 60.3 Å². The highest BCUT2D eigenvalue weighted by molar-refractivity contribution is 5.81. The average molecular weight is 252 g/mol. The van der Waals surface area contributed by atoms with Gasteiger partial charge in [0.15, 0.2) is 0 Å². The van der Waals surface area contributed by atoms with E-state index in [1.165, 1.54) is 19.3 Å². The lowest BCUT2D eigenvalue weighted by atomic mass is 9.90. The molecule has 0 aliphatic heterocycles. The number of rotatable bonds is 6. The van der Waals surface area contributed by atoms with Crippen LogP contribution >= 0.6 is 0 Å². The summed E-state index contributed by atoms with van der Waals surface area (Å²) in [6.07, 6.45) is 4.80. The SMILES string of the molecule is CCCCC1(CC)[C@@H](C(=O)OCC)C12[C@H](C)[C@@H]2C. The molecule has 2 nitrogen and oxygen atoms in total. The molecule has 0 radical (unpaired) electrons. The number of ether oxygens (including phenoxy) is 1. The molecule has 0 amide bonds. The first-order chi connectivity index (χ1) is 8.54. The van der Waals surface area contributed by atoms with Crippen molar-refractivity contribution in [1.82, 2.24) is 0 Å². The van der Waals surface area contributed by atoms with Crippen molar-refractivity contribution in [3.63, 3.8) is 0 Å². The van der Waals surface area contributed by atoms with E-state index >= 15 is 0 Å². The van der Waals surface area contributed by atoms with Crippen molar-refractivity contribution in [2.45, 2.75) is 60.3 Å². The summed E-state index contributed by atoms with van der Waals surface area (Å²) in [5, 5.41) is 0. The topological polar surface area (TPSA) is 26.3 Å². The van der Waals surface area contributed by atoms with E-state index in [4.69, 9.17) is 4.74 Å². The van der Waals surface area contributed by atoms with Crippen LogP contribution in [0.25, 0.3) is 0 Å². The Kier molecular flexibility index (Phi) is 3.50. The minimum Gasteiger partial charge on any atom is -0.466 e. The van der Waals surface area contributed by atoms with Crippen molar-refractivity contribution >= 4 is 5.97 Å². The Morgan fingerprint density at radius 1 is 1.17 bits per heavy atom. The van der Waals surface area contributed by atoms with Crippen molar-refractivity contribution in [2.75, 3.05) is 6.61 Å². The number of unbranched alkanes of at least 4 members (excludes halogenated alkanes) is 1. The highest BCUT2D eigenvalue weighted by Gasteiger charge is 2.90. The Labute approximate surface area is 111 Å². The molecule has 0 aromatic carbocycles. The summed E-state index contributed by atoms with van der Waals surface area (Å²) in [4.78, 5) is 12.3. The molecular weight excluding hydrogens is 224 g/mol. The molecule has 2 aliphatic rings. The van der Waals surface area contributed by atoms with Crippen molar-refractivity contribution in [2.24, 2.45) is 28.6 Å². The van der Waals surface area contributed by atoms with Crippen LogP contribution < -0.4 is 0 Å². The Bertz CT molecular complexity index is 328. The summed E-state index contributed by atoms with van der Waals surface area (Å²) in [5.41, 5.74) is 0.553. The predicted molar refractivity (Wildman–Crippen MR) is 73.1 cm³/mol. The van der Waals surface area contributed by atoms with E-state index in [2.05, 4.69) is 27.7 Å². The Morgan fingerprint density at radius 3 is 2.17 bits per heavy atom. The van der Waals surface area contributed by atoms with Gasteiger partial charge < -0.3 is 4.74 Å². The van der Waals surface area contributed by atoms with E-state index in [0.717, 1.165) is 6.42 Å². The fourth-order valence-electron chi connectivity index (χ4n) is 5.08. The van der Waals surface area contributed by atoms with Crippen LogP contribution in [0.4, 0.5) is 0 Å². The molecule has 0 N–H and O–H groups in total. The lowest BCUT2D eigenvalue weighted by Crippen LogP contribution is -2.13. The number of hydrogen-bond donors (Lipinski definition) is 0. The minimum absolute atomic E-state index is 0.0756. The first-order valence-corrected chi connectivity index (χ1v) is 7.71. The highest BCUT2D eigenvalue weighted by Crippen LogP contribution is 2.90. The molecule has 2 heteroatoms. The second-order valence-corrected chi connectivity index (χ2v) is 6.31. The van der Waals surface area contributed by atoms with Gasteiger partial charge in [-0.1, -0.05) is 40.5 Å². The van der Waals surface area contributed by atoms with Crippen molar-refractivity contribution in [3.05, 3.63) is 0 Å². The Hall–Kier alpha value is -0.530. The largest absolute Gasteiger partial charge is 0.466 e. The summed E-state index contributed by atoms with van der Waals surface area (Å²) in [5.74, 6) is 1.66. The third-order valence-corrected chi connectivity index (χ3v) is 6.09. The molecule has 0 bridgehead atoms. The second-order valence-electron chi connectivity index (χ2n) is 6.31. The van der Waals surface area contributed by atoms with E-state index in [1.54, 1.807) is 0 Å². The predicted octanol–water partition coefficient (Wildman–Crippen LogP) is 4.04. The molecule has 0 heterocycles. The molecule has 5 atom stereocenters. The van der Waals surface area contributed by atoms with Crippen molar-refractivity contribution in [1.29, 1.82) is 0 Å². The molecule has 2 unspecified atom stereocenters. The molecule has 0 saturated heterocycles. The fourth-order valence-corrected chi connectivity index (χ4v) is 5.08. The zero-order valence-electron chi connectivity index (χ0n) is 12.6. The quantitative estimate of drug-likeness (QED) is 0.667. The van der Waals surface area contributed by atoms with E-state index in [0.29, 0.717) is 23.9 Å². The van der Waals surface area contributed by atoms with Gasteiger partial charge in [0.25, 0.3) is 0 Å². The standard InChI is InChI=1S/C16H28O2/c1-6-9-10-15(7-2)13(14(17)18-8-3)16(15)11(4)12(16)5/h11-13H,6-10H2,1-5H3/t11-,12+,13-,15?,16?/m1/s1. The van der Waals surface area contributed by atoms with Crippen molar-refractivity contribution in [3.8, 4) is 0 Å². The fraction of sp³-hybridized carbons (Fsp3) is 0.938. The van der Waals surface area contributed by atoms with Crippen LogP contribution in [0.5, 0.6) is 0 Å². The van der Waals surface area contributed by atoms with Crippen LogP contribution in [0.2, 0.25) is 0 Å². The molecule has 2 rings (SSSR count). The van der Waals surface area contributed by atoms with E-state index in [9.17, 15) is 4.79 Å². The van der Waals surface area contributed by atoms with Crippen LogP contribution in [0, 0.1) is 28.6 Å². The number of carbonyl (C=O) groups is 1. The smallest absolute Gasteiger partial charge is 0.310 e. The molecule has 0 aromatic rings. The van der Waals surface area contributed by atoms with E-state index in [-0.39, 0.29) is 17.3 Å². The van der Waals surface area contributed by atoms with Gasteiger partial charge in [0.05, 0.1) is 12.5 Å². The molecule has 18 heavy (non-hydrogen) atoms. The van der Waals surface area contributed by atoms with Gasteiger partial charge in [-0.3, -0.25) is 4.79 Å². The summed E-state index contributed by atoms with van der Waals surface area (Å²) in [7, 11) is 0. The van der Waals surface area contributed by atoms with Gasteiger partial charge in [0, 0.05) is 0 Å². The zero-order valence-corrected chi connectivity index (χ0v) is 12.6. The van der Waals surface area contributed by atoms with E-state index in [1.807, 2.05) is 6.92 Å². The zero-order chi connectivity index (χ0) is 13.6. The van der Waals surface area contributed by atoms with Gasteiger partial charge in [-0.2, -0.15) is 0 Å².